The van der Waals surface area contributed by atoms with E-state index in [1.807, 2.05) is 0 Å². The highest BCUT2D eigenvalue weighted by Crippen LogP contribution is 2.38. The molecule has 0 aliphatic carbocycles. The molecule has 9 heteroatoms. The minimum absolute atomic E-state index is 0.0720. The zero-order valence-electron chi connectivity index (χ0n) is 15.8. The zero-order chi connectivity index (χ0) is 20.0. The smallest absolute Gasteiger partial charge is 0.311 e. The van der Waals surface area contributed by atoms with E-state index in [1.54, 1.807) is 25.1 Å². The summed E-state index contributed by atoms with van der Waals surface area (Å²) in [6, 6.07) is 4.85. The number of rotatable bonds is 8. The van der Waals surface area contributed by atoms with E-state index in [0.717, 1.165) is 0 Å². The molecule has 27 heavy (non-hydrogen) atoms. The molecule has 2 aromatic rings. The van der Waals surface area contributed by atoms with Gasteiger partial charge in [0, 0.05) is 6.07 Å². The first-order valence-electron chi connectivity index (χ1n) is 8.10. The number of hydrogen-bond acceptors (Lipinski definition) is 8. The predicted octanol–water partition coefficient (Wildman–Crippen LogP) is 2.12. The Bertz CT molecular complexity index is 791. The number of nitrogens with one attached hydrogen (secondary N) is 1. The Morgan fingerprint density at radius 1 is 1.11 bits per heavy atom. The molecule has 1 atom stereocenters. The number of carbonyl (C=O) groups is 2. The van der Waals surface area contributed by atoms with Gasteiger partial charge in [0.15, 0.2) is 23.4 Å². The standard InChI is InChI=1S/C18H22N2O7/c1-10-6-15(20-27-10)19-18(22)11(2)26-16(21)9-12-7-13(23-3)17(25-5)14(8-12)24-4/h6-8,11H,9H2,1-5H3,(H,19,20,22). The van der Waals surface area contributed by atoms with Crippen molar-refractivity contribution >= 4 is 17.7 Å². The van der Waals surface area contributed by atoms with E-state index in [2.05, 4.69) is 10.5 Å². The average molecular weight is 378 g/mol. The molecule has 1 amide bonds. The first kappa shape index (κ1) is 20.1. The Hall–Kier alpha value is -3.23. The number of amides is 1. The lowest BCUT2D eigenvalue weighted by molar-refractivity contribution is -0.152. The van der Waals surface area contributed by atoms with Gasteiger partial charge in [-0.2, -0.15) is 0 Å². The van der Waals surface area contributed by atoms with Crippen LogP contribution in [-0.4, -0.2) is 44.5 Å². The van der Waals surface area contributed by atoms with Crippen LogP contribution in [0.15, 0.2) is 22.7 Å². The molecular formula is C18H22N2O7. The molecule has 9 nitrogen and oxygen atoms in total. The monoisotopic (exact) mass is 378 g/mol. The number of hydrogen-bond donors (Lipinski definition) is 1. The second kappa shape index (κ2) is 8.93. The van der Waals surface area contributed by atoms with Crippen LogP contribution >= 0.6 is 0 Å². The molecule has 0 saturated carbocycles. The van der Waals surface area contributed by atoms with Gasteiger partial charge in [-0.1, -0.05) is 5.16 Å². The molecule has 146 valence electrons. The Balaban J connectivity index is 2.01. The lowest BCUT2D eigenvalue weighted by Crippen LogP contribution is -2.30. The largest absolute Gasteiger partial charge is 0.493 e. The van der Waals surface area contributed by atoms with Crippen LogP contribution in [0, 0.1) is 6.92 Å². The summed E-state index contributed by atoms with van der Waals surface area (Å²) in [5, 5.41) is 6.16. The summed E-state index contributed by atoms with van der Waals surface area (Å²) in [4.78, 5) is 24.3. The molecule has 0 aliphatic rings. The van der Waals surface area contributed by atoms with Crippen LogP contribution in [0.2, 0.25) is 0 Å². The number of benzene rings is 1. The van der Waals surface area contributed by atoms with Crippen molar-refractivity contribution in [1.29, 1.82) is 0 Å². The third-order valence-corrected chi connectivity index (χ3v) is 3.63. The summed E-state index contributed by atoms with van der Waals surface area (Å²) in [5.74, 6) is 0.985. The van der Waals surface area contributed by atoms with Gasteiger partial charge in [0.25, 0.3) is 5.91 Å². The topological polar surface area (TPSA) is 109 Å². The number of carbonyl (C=O) groups excluding carboxylic acids is 2. The van der Waals surface area contributed by atoms with Gasteiger partial charge in [-0.3, -0.25) is 9.59 Å². The summed E-state index contributed by atoms with van der Waals surface area (Å²) in [6.07, 6.45) is -1.08. The Morgan fingerprint density at radius 2 is 1.74 bits per heavy atom. The highest BCUT2D eigenvalue weighted by Gasteiger charge is 2.21. The number of aromatic nitrogens is 1. The van der Waals surface area contributed by atoms with Gasteiger partial charge in [-0.15, -0.1) is 0 Å². The van der Waals surface area contributed by atoms with E-state index in [1.165, 1.54) is 28.3 Å². The van der Waals surface area contributed by atoms with Gasteiger partial charge in [-0.25, -0.2) is 0 Å². The predicted molar refractivity (Wildman–Crippen MR) is 95.2 cm³/mol. The van der Waals surface area contributed by atoms with Gasteiger partial charge < -0.3 is 28.8 Å². The van der Waals surface area contributed by atoms with Gasteiger partial charge >= 0.3 is 5.97 Å². The van der Waals surface area contributed by atoms with Crippen molar-refractivity contribution in [3.05, 3.63) is 29.5 Å². The molecule has 0 saturated heterocycles. The summed E-state index contributed by atoms with van der Waals surface area (Å²) in [7, 11) is 4.46. The summed E-state index contributed by atoms with van der Waals surface area (Å²) in [6.45, 7) is 3.17. The van der Waals surface area contributed by atoms with Gasteiger partial charge in [0.1, 0.15) is 5.76 Å². The first-order valence-corrected chi connectivity index (χ1v) is 8.10. The van der Waals surface area contributed by atoms with E-state index in [4.69, 9.17) is 23.5 Å². The number of nitrogens with zero attached hydrogens (tertiary/aromatic N) is 1. The molecular weight excluding hydrogens is 356 g/mol. The number of aryl methyl sites for hydroxylation is 1. The van der Waals surface area contributed by atoms with Crippen LogP contribution in [0.4, 0.5) is 5.82 Å². The van der Waals surface area contributed by atoms with Crippen LogP contribution in [0.3, 0.4) is 0 Å². The van der Waals surface area contributed by atoms with E-state index in [-0.39, 0.29) is 12.2 Å². The van der Waals surface area contributed by atoms with Gasteiger partial charge in [-0.05, 0) is 31.5 Å². The van der Waals surface area contributed by atoms with Crippen LogP contribution in [-0.2, 0) is 20.7 Å². The lowest BCUT2D eigenvalue weighted by Gasteiger charge is -2.15. The fourth-order valence-corrected chi connectivity index (χ4v) is 2.35. The maximum Gasteiger partial charge on any atom is 0.311 e. The van der Waals surface area contributed by atoms with Crippen molar-refractivity contribution in [2.75, 3.05) is 26.6 Å². The van der Waals surface area contributed by atoms with Crippen LogP contribution in [0.5, 0.6) is 17.2 Å². The number of esters is 1. The maximum absolute atomic E-state index is 12.2. The molecule has 1 aromatic heterocycles. The Labute approximate surface area is 156 Å². The average Bonchev–Trinajstić information content (AvgIpc) is 3.05. The minimum Gasteiger partial charge on any atom is -0.493 e. The highest BCUT2D eigenvalue weighted by atomic mass is 16.5. The van der Waals surface area contributed by atoms with E-state index in [9.17, 15) is 9.59 Å². The van der Waals surface area contributed by atoms with Crippen molar-refractivity contribution in [3.63, 3.8) is 0 Å². The number of ether oxygens (including phenoxy) is 4. The summed E-state index contributed by atoms with van der Waals surface area (Å²) < 4.78 is 25.8. The van der Waals surface area contributed by atoms with E-state index < -0.39 is 18.0 Å². The molecule has 0 radical (unpaired) electrons. The molecule has 0 bridgehead atoms. The SMILES string of the molecule is COc1cc(CC(=O)OC(C)C(=O)Nc2cc(C)on2)cc(OC)c1OC. The van der Waals surface area contributed by atoms with Crippen molar-refractivity contribution in [2.45, 2.75) is 26.4 Å². The van der Waals surface area contributed by atoms with Crippen molar-refractivity contribution in [3.8, 4) is 17.2 Å². The number of methoxy groups -OCH3 is 3. The molecule has 1 unspecified atom stereocenters. The van der Waals surface area contributed by atoms with Gasteiger partial charge in [0.05, 0.1) is 27.8 Å². The number of anilines is 1. The van der Waals surface area contributed by atoms with Gasteiger partial charge in [0.2, 0.25) is 5.75 Å². The zero-order valence-corrected chi connectivity index (χ0v) is 15.8. The highest BCUT2D eigenvalue weighted by molar-refractivity contribution is 5.94. The minimum atomic E-state index is -1.00. The fraction of sp³-hybridized carbons (Fsp3) is 0.389. The third kappa shape index (κ3) is 5.13. The molecule has 0 aliphatic heterocycles. The van der Waals surface area contributed by atoms with Crippen molar-refractivity contribution in [1.82, 2.24) is 5.16 Å². The summed E-state index contributed by atoms with van der Waals surface area (Å²) >= 11 is 0. The molecule has 0 fully saturated rings. The van der Waals surface area contributed by atoms with E-state index >= 15 is 0 Å². The second-order valence-electron chi connectivity index (χ2n) is 5.65. The fourth-order valence-electron chi connectivity index (χ4n) is 2.35. The Kier molecular flexibility index (Phi) is 6.64. The quantitative estimate of drug-likeness (QED) is 0.696. The molecule has 1 aromatic carbocycles. The molecule has 1 N–H and O–H groups in total. The van der Waals surface area contributed by atoms with Crippen LogP contribution in [0.1, 0.15) is 18.2 Å². The normalized spacial score (nSPS) is 11.4. The molecule has 2 rings (SSSR count). The maximum atomic E-state index is 12.2. The molecule has 0 spiro atoms. The van der Waals surface area contributed by atoms with E-state index in [0.29, 0.717) is 28.6 Å². The summed E-state index contributed by atoms with van der Waals surface area (Å²) in [5.41, 5.74) is 0.592. The Morgan fingerprint density at radius 3 is 2.22 bits per heavy atom. The van der Waals surface area contributed by atoms with Crippen LogP contribution in [0.25, 0.3) is 0 Å². The van der Waals surface area contributed by atoms with Crippen molar-refractivity contribution in [2.24, 2.45) is 0 Å². The lowest BCUT2D eigenvalue weighted by atomic mass is 10.1. The second-order valence-corrected chi connectivity index (χ2v) is 5.65. The third-order valence-electron chi connectivity index (χ3n) is 3.63. The molecule has 1 heterocycles. The first-order chi connectivity index (χ1) is 12.9. The van der Waals surface area contributed by atoms with Crippen molar-refractivity contribution < 1.29 is 33.1 Å². The van der Waals surface area contributed by atoms with Crippen LogP contribution < -0.4 is 19.5 Å².